The standard InChI is InChI=1S/C12H12BrClN4O3/c13-12-10(14)2-1-3-11(12)15-5-9(19)7-17-6-8(4-16-17)18(20)21/h1-4,6,9,15,19H,5,7H2. The van der Waals surface area contributed by atoms with Gasteiger partial charge in [-0.1, -0.05) is 17.7 Å². The minimum atomic E-state index is -0.754. The molecule has 1 unspecified atom stereocenters. The van der Waals surface area contributed by atoms with Gasteiger partial charge in [0.1, 0.15) is 12.4 Å². The number of halogens is 2. The Morgan fingerprint density at radius 2 is 2.33 bits per heavy atom. The van der Waals surface area contributed by atoms with Crippen molar-refractivity contribution >= 4 is 38.9 Å². The average molecular weight is 376 g/mol. The van der Waals surface area contributed by atoms with Gasteiger partial charge in [-0.05, 0) is 28.1 Å². The molecule has 0 saturated carbocycles. The van der Waals surface area contributed by atoms with Crippen LogP contribution in [0.2, 0.25) is 5.02 Å². The zero-order valence-electron chi connectivity index (χ0n) is 10.7. The third-order valence-electron chi connectivity index (χ3n) is 2.71. The zero-order chi connectivity index (χ0) is 15.4. The SMILES string of the molecule is O=[N+]([O-])c1cnn(CC(O)CNc2cccc(Cl)c2Br)c1. The lowest BCUT2D eigenvalue weighted by Crippen LogP contribution is -2.25. The number of rotatable bonds is 6. The Labute approximate surface area is 133 Å². The molecule has 2 rings (SSSR count). The highest BCUT2D eigenvalue weighted by molar-refractivity contribution is 9.10. The van der Waals surface area contributed by atoms with Gasteiger partial charge in [0, 0.05) is 6.54 Å². The fraction of sp³-hybridized carbons (Fsp3) is 0.250. The number of benzene rings is 1. The molecule has 0 fully saturated rings. The largest absolute Gasteiger partial charge is 0.389 e. The maximum Gasteiger partial charge on any atom is 0.306 e. The number of aliphatic hydroxyl groups is 1. The molecule has 0 amide bonds. The Morgan fingerprint density at radius 3 is 3.00 bits per heavy atom. The lowest BCUT2D eigenvalue weighted by atomic mass is 10.3. The predicted octanol–water partition coefficient (Wildman–Crippen LogP) is 2.68. The van der Waals surface area contributed by atoms with E-state index in [2.05, 4.69) is 26.3 Å². The maximum atomic E-state index is 10.5. The minimum Gasteiger partial charge on any atom is -0.389 e. The molecule has 0 aliphatic rings. The molecule has 0 bridgehead atoms. The van der Waals surface area contributed by atoms with E-state index in [4.69, 9.17) is 11.6 Å². The predicted molar refractivity (Wildman–Crippen MR) is 82.5 cm³/mol. The molecule has 21 heavy (non-hydrogen) atoms. The highest BCUT2D eigenvalue weighted by Gasteiger charge is 2.12. The number of nitro groups is 1. The topological polar surface area (TPSA) is 93.2 Å². The molecule has 1 aromatic carbocycles. The molecule has 9 heteroatoms. The van der Waals surface area contributed by atoms with E-state index < -0.39 is 11.0 Å². The highest BCUT2D eigenvalue weighted by Crippen LogP contribution is 2.29. The Hall–Kier alpha value is -1.64. The van der Waals surface area contributed by atoms with Crippen molar-refractivity contribution in [1.82, 2.24) is 9.78 Å². The van der Waals surface area contributed by atoms with Crippen molar-refractivity contribution in [3.63, 3.8) is 0 Å². The Balaban J connectivity index is 1.91. The summed E-state index contributed by atoms with van der Waals surface area (Å²) in [5, 5.41) is 27.9. The second kappa shape index (κ2) is 6.88. The summed E-state index contributed by atoms with van der Waals surface area (Å²) < 4.78 is 2.05. The van der Waals surface area contributed by atoms with Crippen molar-refractivity contribution in [3.05, 3.63) is 50.2 Å². The van der Waals surface area contributed by atoms with Crippen molar-refractivity contribution in [2.24, 2.45) is 0 Å². The van der Waals surface area contributed by atoms with Crippen LogP contribution in [0, 0.1) is 10.1 Å². The lowest BCUT2D eigenvalue weighted by molar-refractivity contribution is -0.385. The third-order valence-corrected chi connectivity index (χ3v) is 4.11. The molecular weight excluding hydrogens is 364 g/mol. The fourth-order valence-electron chi connectivity index (χ4n) is 1.70. The number of hydrogen-bond acceptors (Lipinski definition) is 5. The molecule has 2 N–H and O–H groups in total. The van der Waals surface area contributed by atoms with Crippen LogP contribution in [0.5, 0.6) is 0 Å². The van der Waals surface area contributed by atoms with E-state index in [9.17, 15) is 15.2 Å². The van der Waals surface area contributed by atoms with Crippen LogP contribution >= 0.6 is 27.5 Å². The summed E-state index contributed by atoms with van der Waals surface area (Å²) in [4.78, 5) is 10.0. The van der Waals surface area contributed by atoms with E-state index in [1.54, 1.807) is 12.1 Å². The number of anilines is 1. The quantitative estimate of drug-likeness (QED) is 0.598. The molecule has 112 valence electrons. The minimum absolute atomic E-state index is 0.104. The number of hydrogen-bond donors (Lipinski definition) is 2. The van der Waals surface area contributed by atoms with Crippen LogP contribution < -0.4 is 5.32 Å². The van der Waals surface area contributed by atoms with E-state index in [0.717, 1.165) is 11.9 Å². The summed E-state index contributed by atoms with van der Waals surface area (Å²) in [6.07, 6.45) is 1.67. The molecule has 0 aliphatic heterocycles. The monoisotopic (exact) mass is 374 g/mol. The summed E-state index contributed by atoms with van der Waals surface area (Å²) in [6, 6.07) is 5.36. The van der Waals surface area contributed by atoms with Gasteiger partial charge in [-0.3, -0.25) is 14.8 Å². The van der Waals surface area contributed by atoms with E-state index in [1.807, 2.05) is 6.07 Å². The first-order valence-electron chi connectivity index (χ1n) is 6.00. The van der Waals surface area contributed by atoms with Crippen LogP contribution in [-0.4, -0.2) is 32.5 Å². The molecule has 1 heterocycles. The molecule has 0 radical (unpaired) electrons. The van der Waals surface area contributed by atoms with Crippen LogP contribution in [0.3, 0.4) is 0 Å². The van der Waals surface area contributed by atoms with Crippen molar-refractivity contribution in [2.45, 2.75) is 12.6 Å². The van der Waals surface area contributed by atoms with Gasteiger partial charge in [0.2, 0.25) is 0 Å². The Kier molecular flexibility index (Phi) is 5.16. The lowest BCUT2D eigenvalue weighted by Gasteiger charge is -2.14. The van der Waals surface area contributed by atoms with Gasteiger partial charge in [0.15, 0.2) is 0 Å². The van der Waals surface area contributed by atoms with E-state index in [-0.39, 0.29) is 18.8 Å². The van der Waals surface area contributed by atoms with Crippen LogP contribution in [0.25, 0.3) is 0 Å². The molecule has 1 aromatic heterocycles. The molecular formula is C12H12BrClN4O3. The van der Waals surface area contributed by atoms with Gasteiger partial charge >= 0.3 is 5.69 Å². The molecule has 0 saturated heterocycles. The number of nitrogens with zero attached hydrogens (tertiary/aromatic N) is 3. The van der Waals surface area contributed by atoms with Crippen LogP contribution in [0.1, 0.15) is 0 Å². The van der Waals surface area contributed by atoms with Gasteiger partial charge in [-0.25, -0.2) is 0 Å². The zero-order valence-corrected chi connectivity index (χ0v) is 13.1. The number of aliphatic hydroxyl groups excluding tert-OH is 1. The van der Waals surface area contributed by atoms with Gasteiger partial charge in [0.05, 0.1) is 32.8 Å². The maximum absolute atomic E-state index is 10.5. The first-order valence-corrected chi connectivity index (χ1v) is 7.17. The summed E-state index contributed by atoms with van der Waals surface area (Å²) in [6.45, 7) is 0.408. The van der Waals surface area contributed by atoms with E-state index in [1.165, 1.54) is 10.9 Å². The van der Waals surface area contributed by atoms with Crippen molar-refractivity contribution in [3.8, 4) is 0 Å². The fourth-order valence-corrected chi connectivity index (χ4v) is 2.27. The summed E-state index contributed by atoms with van der Waals surface area (Å²) >= 11 is 9.31. The molecule has 2 aromatic rings. The van der Waals surface area contributed by atoms with Crippen LogP contribution in [0.15, 0.2) is 35.1 Å². The average Bonchev–Trinajstić information content (AvgIpc) is 2.89. The van der Waals surface area contributed by atoms with Gasteiger partial charge in [-0.2, -0.15) is 5.10 Å². The first-order chi connectivity index (χ1) is 9.97. The third kappa shape index (κ3) is 4.16. The second-order valence-corrected chi connectivity index (χ2v) is 5.51. The smallest absolute Gasteiger partial charge is 0.306 e. The molecule has 0 spiro atoms. The van der Waals surface area contributed by atoms with Gasteiger partial charge in [0.25, 0.3) is 0 Å². The van der Waals surface area contributed by atoms with Crippen molar-refractivity contribution in [1.29, 1.82) is 0 Å². The molecule has 7 nitrogen and oxygen atoms in total. The highest BCUT2D eigenvalue weighted by atomic mass is 79.9. The van der Waals surface area contributed by atoms with E-state index in [0.29, 0.717) is 9.50 Å². The molecule has 1 atom stereocenters. The van der Waals surface area contributed by atoms with Crippen molar-refractivity contribution < 1.29 is 10.0 Å². The van der Waals surface area contributed by atoms with Gasteiger partial charge in [-0.15, -0.1) is 0 Å². The number of nitrogens with one attached hydrogen (secondary N) is 1. The van der Waals surface area contributed by atoms with E-state index >= 15 is 0 Å². The second-order valence-electron chi connectivity index (χ2n) is 4.31. The van der Waals surface area contributed by atoms with Crippen LogP contribution in [-0.2, 0) is 6.54 Å². The summed E-state index contributed by atoms with van der Waals surface area (Å²) in [7, 11) is 0. The first kappa shape index (κ1) is 15.7. The Morgan fingerprint density at radius 1 is 1.57 bits per heavy atom. The summed E-state index contributed by atoms with van der Waals surface area (Å²) in [5.41, 5.74) is 0.653. The van der Waals surface area contributed by atoms with Gasteiger partial charge < -0.3 is 10.4 Å². The normalized spacial score (nSPS) is 12.1. The Bertz CT molecular complexity index is 649. The van der Waals surface area contributed by atoms with Crippen molar-refractivity contribution in [2.75, 3.05) is 11.9 Å². The molecule has 0 aliphatic carbocycles. The number of aromatic nitrogens is 2. The van der Waals surface area contributed by atoms with Crippen LogP contribution in [0.4, 0.5) is 11.4 Å². The summed E-state index contributed by atoms with van der Waals surface area (Å²) in [5.74, 6) is 0.